The molecule has 4 amide bonds. The van der Waals surface area contributed by atoms with Crippen LogP contribution in [0.15, 0.2) is 30.3 Å². The first-order chi connectivity index (χ1) is 14.5. The highest BCUT2D eigenvalue weighted by Crippen LogP contribution is 2.04. The second-order valence-electron chi connectivity index (χ2n) is 7.11. The fourth-order valence-corrected chi connectivity index (χ4v) is 2.46. The van der Waals surface area contributed by atoms with E-state index in [1.807, 2.05) is 6.07 Å². The summed E-state index contributed by atoms with van der Waals surface area (Å²) in [4.78, 5) is 59.3. The van der Waals surface area contributed by atoms with E-state index < -0.39 is 60.3 Å². The van der Waals surface area contributed by atoms with E-state index in [1.54, 1.807) is 24.3 Å². The van der Waals surface area contributed by atoms with Gasteiger partial charge in [0.2, 0.25) is 23.6 Å². The van der Waals surface area contributed by atoms with Crippen LogP contribution in [-0.4, -0.2) is 65.4 Å². The van der Waals surface area contributed by atoms with Crippen LogP contribution in [-0.2, 0) is 30.4 Å². The van der Waals surface area contributed by atoms with Gasteiger partial charge in [-0.15, -0.1) is 0 Å². The predicted molar refractivity (Wildman–Crippen MR) is 112 cm³/mol. The number of carboxylic acid groups (broad SMARTS) is 1. The summed E-state index contributed by atoms with van der Waals surface area (Å²) in [5.74, 6) is -3.66. The Morgan fingerprint density at radius 1 is 0.839 bits per heavy atom. The van der Waals surface area contributed by atoms with E-state index in [4.69, 9.17) is 10.8 Å². The molecule has 11 heteroatoms. The average Bonchev–Trinajstić information content (AvgIpc) is 2.71. The molecule has 4 atom stereocenters. The third-order valence-corrected chi connectivity index (χ3v) is 4.25. The molecule has 31 heavy (non-hydrogen) atoms. The minimum Gasteiger partial charge on any atom is -0.480 e. The second-order valence-corrected chi connectivity index (χ2v) is 7.11. The lowest BCUT2D eigenvalue weighted by Gasteiger charge is -2.23. The number of carboxylic acids is 1. The highest BCUT2D eigenvalue weighted by molar-refractivity contribution is 5.94. The number of nitrogens with one attached hydrogen (secondary N) is 4. The predicted octanol–water partition coefficient (Wildman–Crippen LogP) is -1.73. The van der Waals surface area contributed by atoms with E-state index in [-0.39, 0.29) is 6.42 Å². The van der Waals surface area contributed by atoms with Gasteiger partial charge in [0.25, 0.3) is 0 Å². The maximum atomic E-state index is 12.7. The van der Waals surface area contributed by atoms with Crippen molar-refractivity contribution in [1.82, 2.24) is 21.3 Å². The molecule has 11 nitrogen and oxygen atoms in total. The van der Waals surface area contributed by atoms with E-state index in [0.717, 1.165) is 5.56 Å². The van der Waals surface area contributed by atoms with Crippen molar-refractivity contribution in [3.05, 3.63) is 35.9 Å². The Hall–Kier alpha value is -3.47. The smallest absolute Gasteiger partial charge is 0.322 e. The van der Waals surface area contributed by atoms with Gasteiger partial charge in [0.05, 0.1) is 6.04 Å². The summed E-state index contributed by atoms with van der Waals surface area (Å²) in [6, 6.07) is 5.19. The fourth-order valence-electron chi connectivity index (χ4n) is 2.46. The number of carbonyl (C=O) groups excluding carboxylic acids is 4. The van der Waals surface area contributed by atoms with Crippen molar-refractivity contribution < 1.29 is 29.1 Å². The van der Waals surface area contributed by atoms with Gasteiger partial charge in [0.15, 0.2) is 0 Å². The average molecular weight is 435 g/mol. The minimum absolute atomic E-state index is 0.188. The van der Waals surface area contributed by atoms with E-state index in [0.29, 0.717) is 0 Å². The maximum absolute atomic E-state index is 12.7. The van der Waals surface area contributed by atoms with Crippen LogP contribution in [0.1, 0.15) is 26.3 Å². The summed E-state index contributed by atoms with van der Waals surface area (Å²) in [6.45, 7) is 3.71. The molecule has 0 heterocycles. The van der Waals surface area contributed by atoms with Crippen molar-refractivity contribution in [1.29, 1.82) is 0 Å². The van der Waals surface area contributed by atoms with Gasteiger partial charge < -0.3 is 32.1 Å². The Kier molecular flexibility index (Phi) is 10.1. The topological polar surface area (TPSA) is 180 Å². The largest absolute Gasteiger partial charge is 0.480 e. The molecule has 7 N–H and O–H groups in total. The third kappa shape index (κ3) is 9.26. The zero-order chi connectivity index (χ0) is 23.6. The number of rotatable bonds is 11. The summed E-state index contributed by atoms with van der Waals surface area (Å²) >= 11 is 0. The first-order valence-electron chi connectivity index (χ1n) is 9.71. The molecular weight excluding hydrogens is 406 g/mol. The molecule has 0 bridgehead atoms. The highest BCUT2D eigenvalue weighted by atomic mass is 16.4. The van der Waals surface area contributed by atoms with Crippen molar-refractivity contribution in [3.63, 3.8) is 0 Å². The Balaban J connectivity index is 2.74. The van der Waals surface area contributed by atoms with Crippen LogP contribution in [0.2, 0.25) is 0 Å². The SMILES string of the molecule is C[C@H](N)C(=O)N[C@@H](Cc1ccccc1)C(=O)N[C@@H](C)C(=O)N[C@@H](C)C(=O)NCC(=O)O. The van der Waals surface area contributed by atoms with Crippen LogP contribution in [0.3, 0.4) is 0 Å². The molecule has 0 aliphatic heterocycles. The Morgan fingerprint density at radius 2 is 1.39 bits per heavy atom. The standard InChI is InChI=1S/C20H29N5O6/c1-11(21)17(28)25-15(9-14-7-5-4-6-8-14)20(31)24-13(3)19(30)23-12(2)18(29)22-10-16(26)27/h4-8,11-13,15H,9-10,21H2,1-3H3,(H,22,29)(H,23,30)(H,24,31)(H,25,28)(H,26,27)/t11-,12-,13-,15-/m0/s1. The van der Waals surface area contributed by atoms with Crippen LogP contribution in [0.4, 0.5) is 0 Å². The van der Waals surface area contributed by atoms with Crippen molar-refractivity contribution in [2.75, 3.05) is 6.54 Å². The Bertz CT molecular complexity index is 799. The summed E-state index contributed by atoms with van der Waals surface area (Å²) < 4.78 is 0. The molecule has 0 aliphatic carbocycles. The molecule has 1 aromatic rings. The summed E-state index contributed by atoms with van der Waals surface area (Å²) in [6.07, 6.45) is 0.188. The number of benzene rings is 1. The molecule has 0 aliphatic rings. The normalized spacial score (nSPS) is 14.3. The van der Waals surface area contributed by atoms with Crippen molar-refractivity contribution in [2.24, 2.45) is 5.73 Å². The molecule has 1 rings (SSSR count). The zero-order valence-corrected chi connectivity index (χ0v) is 17.7. The molecule has 0 saturated heterocycles. The van der Waals surface area contributed by atoms with Crippen molar-refractivity contribution in [3.8, 4) is 0 Å². The van der Waals surface area contributed by atoms with Crippen LogP contribution in [0, 0.1) is 0 Å². The molecule has 0 radical (unpaired) electrons. The van der Waals surface area contributed by atoms with Gasteiger partial charge in [0.1, 0.15) is 24.7 Å². The molecule has 0 aromatic heterocycles. The third-order valence-electron chi connectivity index (χ3n) is 4.25. The summed E-state index contributed by atoms with van der Waals surface area (Å²) in [5.41, 5.74) is 6.37. The van der Waals surface area contributed by atoms with Gasteiger partial charge in [0, 0.05) is 6.42 Å². The van der Waals surface area contributed by atoms with Gasteiger partial charge >= 0.3 is 5.97 Å². The number of hydrogen-bond acceptors (Lipinski definition) is 6. The molecule has 0 fully saturated rings. The van der Waals surface area contributed by atoms with E-state index >= 15 is 0 Å². The van der Waals surface area contributed by atoms with Gasteiger partial charge in [-0.2, -0.15) is 0 Å². The first kappa shape index (κ1) is 25.6. The quantitative estimate of drug-likeness (QED) is 0.239. The van der Waals surface area contributed by atoms with Gasteiger partial charge in [-0.1, -0.05) is 30.3 Å². The molecule has 1 aromatic carbocycles. The first-order valence-corrected chi connectivity index (χ1v) is 9.71. The zero-order valence-electron chi connectivity index (χ0n) is 17.7. The summed E-state index contributed by atoms with van der Waals surface area (Å²) in [7, 11) is 0. The molecule has 0 saturated carbocycles. The number of nitrogens with two attached hydrogens (primary N) is 1. The Morgan fingerprint density at radius 3 is 1.94 bits per heavy atom. The molecule has 0 spiro atoms. The van der Waals surface area contributed by atoms with Crippen LogP contribution in [0.5, 0.6) is 0 Å². The molecular formula is C20H29N5O6. The summed E-state index contributed by atoms with van der Waals surface area (Å²) in [5, 5.41) is 18.2. The second kappa shape index (κ2) is 12.3. The van der Waals surface area contributed by atoms with Crippen LogP contribution in [0.25, 0.3) is 0 Å². The highest BCUT2D eigenvalue weighted by Gasteiger charge is 2.27. The Labute approximate surface area is 180 Å². The maximum Gasteiger partial charge on any atom is 0.322 e. The van der Waals surface area contributed by atoms with Gasteiger partial charge in [-0.05, 0) is 26.3 Å². The van der Waals surface area contributed by atoms with Crippen molar-refractivity contribution in [2.45, 2.75) is 51.4 Å². The van der Waals surface area contributed by atoms with Crippen LogP contribution < -0.4 is 27.0 Å². The van der Waals surface area contributed by atoms with E-state index in [2.05, 4.69) is 21.3 Å². The lowest BCUT2D eigenvalue weighted by atomic mass is 10.0. The number of amides is 4. The molecule has 0 unspecified atom stereocenters. The number of carbonyl (C=O) groups is 5. The van der Waals surface area contributed by atoms with Crippen LogP contribution >= 0.6 is 0 Å². The minimum atomic E-state index is -1.22. The monoisotopic (exact) mass is 435 g/mol. The van der Waals surface area contributed by atoms with E-state index in [1.165, 1.54) is 20.8 Å². The number of aliphatic carboxylic acids is 1. The van der Waals surface area contributed by atoms with Gasteiger partial charge in [-0.25, -0.2) is 0 Å². The fraction of sp³-hybridized carbons (Fsp3) is 0.450. The van der Waals surface area contributed by atoms with Gasteiger partial charge in [-0.3, -0.25) is 24.0 Å². The lowest BCUT2D eigenvalue weighted by Crippen LogP contribution is -2.57. The number of hydrogen-bond donors (Lipinski definition) is 6. The molecule has 170 valence electrons. The van der Waals surface area contributed by atoms with Crippen molar-refractivity contribution >= 4 is 29.6 Å². The lowest BCUT2D eigenvalue weighted by molar-refractivity contribution is -0.138. The van der Waals surface area contributed by atoms with E-state index in [9.17, 15) is 24.0 Å².